The van der Waals surface area contributed by atoms with Crippen molar-refractivity contribution in [3.05, 3.63) is 57.8 Å². The molecule has 0 aliphatic heterocycles. The number of halogens is 5. The van der Waals surface area contributed by atoms with Gasteiger partial charge in [-0.1, -0.05) is 6.07 Å². The number of hydrogen-bond acceptors (Lipinski definition) is 3. The first-order valence-electron chi connectivity index (χ1n) is 6.48. The Balaban J connectivity index is 1.87. The standard InChI is InChI=1S/C15H7BrF4N2O2/c16-9-5-11-12(6-10(9)17)24-14(21-11)22-13(23)7-2-1-3-8(4-7)15(18,19)20/h1-6H,(H,21,22,23). The average molecular weight is 403 g/mol. The van der Waals surface area contributed by atoms with Crippen LogP contribution in [0.25, 0.3) is 11.1 Å². The van der Waals surface area contributed by atoms with E-state index in [0.29, 0.717) is 6.07 Å². The number of anilines is 1. The normalized spacial score (nSPS) is 11.7. The molecule has 24 heavy (non-hydrogen) atoms. The summed E-state index contributed by atoms with van der Waals surface area (Å²) in [5.41, 5.74) is -0.782. The molecular formula is C15H7BrF4N2O2. The summed E-state index contributed by atoms with van der Waals surface area (Å²) in [6, 6.07) is 6.11. The third-order valence-corrected chi connectivity index (χ3v) is 3.71. The second-order valence-electron chi connectivity index (χ2n) is 4.79. The molecule has 1 N–H and O–H groups in total. The number of fused-ring (bicyclic) bond motifs is 1. The number of aromatic nitrogens is 1. The largest absolute Gasteiger partial charge is 0.423 e. The molecule has 9 heteroatoms. The number of carbonyl (C=O) groups is 1. The molecule has 0 saturated heterocycles. The monoisotopic (exact) mass is 402 g/mol. The molecule has 0 fully saturated rings. The summed E-state index contributed by atoms with van der Waals surface area (Å²) >= 11 is 2.99. The number of benzene rings is 2. The van der Waals surface area contributed by atoms with E-state index < -0.39 is 23.5 Å². The highest BCUT2D eigenvalue weighted by atomic mass is 79.9. The van der Waals surface area contributed by atoms with Gasteiger partial charge in [0.15, 0.2) is 5.58 Å². The Morgan fingerprint density at radius 2 is 1.96 bits per heavy atom. The second-order valence-corrected chi connectivity index (χ2v) is 5.64. The topological polar surface area (TPSA) is 55.1 Å². The van der Waals surface area contributed by atoms with Crippen molar-refractivity contribution in [3.8, 4) is 0 Å². The molecule has 1 aromatic heterocycles. The SMILES string of the molecule is O=C(Nc1nc2cc(Br)c(F)cc2o1)c1cccc(C(F)(F)F)c1. The summed E-state index contributed by atoms with van der Waals surface area (Å²) in [5.74, 6) is -1.40. The average Bonchev–Trinajstić information content (AvgIpc) is 2.88. The highest BCUT2D eigenvalue weighted by Crippen LogP contribution is 2.30. The highest BCUT2D eigenvalue weighted by Gasteiger charge is 2.31. The molecule has 3 aromatic rings. The predicted molar refractivity (Wildman–Crippen MR) is 81.1 cm³/mol. The maximum absolute atomic E-state index is 13.4. The van der Waals surface area contributed by atoms with Crippen LogP contribution in [0.1, 0.15) is 15.9 Å². The zero-order chi connectivity index (χ0) is 17.5. The first-order chi connectivity index (χ1) is 11.2. The van der Waals surface area contributed by atoms with Crippen LogP contribution in [-0.2, 0) is 6.18 Å². The highest BCUT2D eigenvalue weighted by molar-refractivity contribution is 9.10. The van der Waals surface area contributed by atoms with E-state index in [1.807, 2.05) is 0 Å². The number of alkyl halides is 3. The number of nitrogens with zero attached hydrogens (tertiary/aromatic N) is 1. The quantitative estimate of drug-likeness (QED) is 0.613. The van der Waals surface area contributed by atoms with Crippen LogP contribution < -0.4 is 5.32 Å². The maximum Gasteiger partial charge on any atom is 0.416 e. The molecule has 0 bridgehead atoms. The fraction of sp³-hybridized carbons (Fsp3) is 0.0667. The van der Waals surface area contributed by atoms with Gasteiger partial charge < -0.3 is 4.42 Å². The number of rotatable bonds is 2. The smallest absolute Gasteiger partial charge is 0.416 e. The van der Waals surface area contributed by atoms with Gasteiger partial charge in [0.25, 0.3) is 5.91 Å². The fourth-order valence-electron chi connectivity index (χ4n) is 1.98. The van der Waals surface area contributed by atoms with Gasteiger partial charge in [-0.25, -0.2) is 4.39 Å². The van der Waals surface area contributed by atoms with Crippen molar-refractivity contribution >= 4 is 39.0 Å². The lowest BCUT2D eigenvalue weighted by Crippen LogP contribution is -2.14. The van der Waals surface area contributed by atoms with E-state index in [-0.39, 0.29) is 27.2 Å². The molecule has 0 saturated carbocycles. The van der Waals surface area contributed by atoms with Crippen LogP contribution in [0.15, 0.2) is 45.3 Å². The summed E-state index contributed by atoms with van der Waals surface area (Å²) in [5, 5.41) is 2.24. The Kier molecular flexibility index (Phi) is 4.04. The molecule has 0 unspecified atom stereocenters. The minimum absolute atomic E-state index is 0.0926. The molecule has 4 nitrogen and oxygen atoms in total. The van der Waals surface area contributed by atoms with Crippen molar-refractivity contribution in [3.63, 3.8) is 0 Å². The van der Waals surface area contributed by atoms with E-state index in [1.54, 1.807) is 0 Å². The van der Waals surface area contributed by atoms with E-state index in [0.717, 1.165) is 18.2 Å². The number of carbonyl (C=O) groups excluding carboxylic acids is 1. The summed E-state index contributed by atoms with van der Waals surface area (Å²) in [7, 11) is 0. The van der Waals surface area contributed by atoms with E-state index in [1.165, 1.54) is 12.1 Å². The third-order valence-electron chi connectivity index (χ3n) is 3.10. The van der Waals surface area contributed by atoms with Crippen molar-refractivity contribution < 1.29 is 26.8 Å². The number of nitrogens with one attached hydrogen (secondary N) is 1. The van der Waals surface area contributed by atoms with Crippen LogP contribution in [0.2, 0.25) is 0 Å². The van der Waals surface area contributed by atoms with Crippen molar-refractivity contribution in [1.29, 1.82) is 0 Å². The summed E-state index contributed by atoms with van der Waals surface area (Å²) < 4.78 is 56.8. The molecule has 0 aliphatic rings. The van der Waals surface area contributed by atoms with Gasteiger partial charge in [0, 0.05) is 11.6 Å². The van der Waals surface area contributed by atoms with E-state index in [9.17, 15) is 22.4 Å². The van der Waals surface area contributed by atoms with Gasteiger partial charge in [-0.15, -0.1) is 0 Å². The predicted octanol–water partition coefficient (Wildman–Crippen LogP) is 5.00. The Morgan fingerprint density at radius 1 is 1.21 bits per heavy atom. The maximum atomic E-state index is 13.4. The Labute approximate surface area is 140 Å². The van der Waals surface area contributed by atoms with Crippen LogP contribution in [0.3, 0.4) is 0 Å². The van der Waals surface area contributed by atoms with E-state index in [2.05, 4.69) is 26.2 Å². The lowest BCUT2D eigenvalue weighted by Gasteiger charge is -2.07. The van der Waals surface area contributed by atoms with Gasteiger partial charge in [0.2, 0.25) is 0 Å². The Hall–Kier alpha value is -2.42. The molecule has 0 atom stereocenters. The minimum atomic E-state index is -4.56. The fourth-order valence-corrected chi connectivity index (χ4v) is 2.31. The third kappa shape index (κ3) is 3.25. The van der Waals surface area contributed by atoms with Gasteiger partial charge in [0.05, 0.1) is 10.0 Å². The van der Waals surface area contributed by atoms with Crippen molar-refractivity contribution in [2.75, 3.05) is 5.32 Å². The van der Waals surface area contributed by atoms with Gasteiger partial charge in [-0.3, -0.25) is 10.1 Å². The molecule has 1 heterocycles. The molecule has 0 radical (unpaired) electrons. The first-order valence-corrected chi connectivity index (χ1v) is 7.27. The Morgan fingerprint density at radius 3 is 2.67 bits per heavy atom. The van der Waals surface area contributed by atoms with E-state index in [4.69, 9.17) is 4.42 Å². The zero-order valence-electron chi connectivity index (χ0n) is 11.6. The van der Waals surface area contributed by atoms with Crippen LogP contribution in [0, 0.1) is 5.82 Å². The molecule has 3 rings (SSSR count). The van der Waals surface area contributed by atoms with Gasteiger partial charge in [-0.2, -0.15) is 18.2 Å². The number of oxazole rings is 1. The van der Waals surface area contributed by atoms with E-state index >= 15 is 0 Å². The summed E-state index contributed by atoms with van der Waals surface area (Å²) in [6.07, 6.45) is -4.56. The van der Waals surface area contributed by atoms with Gasteiger partial charge in [0.1, 0.15) is 11.3 Å². The van der Waals surface area contributed by atoms with Crippen molar-refractivity contribution in [1.82, 2.24) is 4.98 Å². The van der Waals surface area contributed by atoms with Crippen molar-refractivity contribution in [2.24, 2.45) is 0 Å². The van der Waals surface area contributed by atoms with Gasteiger partial charge >= 0.3 is 12.2 Å². The van der Waals surface area contributed by atoms with Crippen LogP contribution in [-0.4, -0.2) is 10.9 Å². The lowest BCUT2D eigenvalue weighted by atomic mass is 10.1. The van der Waals surface area contributed by atoms with Crippen LogP contribution in [0.4, 0.5) is 23.6 Å². The first kappa shape index (κ1) is 16.4. The van der Waals surface area contributed by atoms with Crippen LogP contribution >= 0.6 is 15.9 Å². The minimum Gasteiger partial charge on any atom is -0.423 e. The Bertz CT molecular complexity index is 898. The molecule has 124 valence electrons. The summed E-state index contributed by atoms with van der Waals surface area (Å²) in [4.78, 5) is 16.0. The molecule has 0 spiro atoms. The molecule has 2 aromatic carbocycles. The van der Waals surface area contributed by atoms with Crippen molar-refractivity contribution in [2.45, 2.75) is 6.18 Å². The second kappa shape index (κ2) is 5.90. The zero-order valence-corrected chi connectivity index (χ0v) is 13.2. The molecular weight excluding hydrogens is 396 g/mol. The van der Waals surface area contributed by atoms with Gasteiger partial charge in [-0.05, 0) is 40.2 Å². The lowest BCUT2D eigenvalue weighted by molar-refractivity contribution is -0.137. The van der Waals surface area contributed by atoms with Crippen LogP contribution in [0.5, 0.6) is 0 Å². The number of amides is 1. The molecule has 1 amide bonds. The summed E-state index contributed by atoms with van der Waals surface area (Å²) in [6.45, 7) is 0. The number of hydrogen-bond donors (Lipinski definition) is 1. The molecule has 0 aliphatic carbocycles.